The van der Waals surface area contributed by atoms with Crippen molar-refractivity contribution in [3.05, 3.63) is 48.0 Å². The zero-order chi connectivity index (χ0) is 16.4. The largest absolute Gasteiger partial charge is 0.352 e. The Morgan fingerprint density at radius 3 is 3.09 bits per heavy atom. The molecule has 23 heavy (non-hydrogen) atoms. The van der Waals surface area contributed by atoms with Crippen LogP contribution in [0.1, 0.15) is 22.3 Å². The first-order chi connectivity index (χ1) is 11.1. The zero-order valence-corrected chi connectivity index (χ0v) is 13.5. The van der Waals surface area contributed by atoms with Crippen molar-refractivity contribution >= 4 is 11.8 Å². The highest BCUT2D eigenvalue weighted by Gasteiger charge is 2.50. The fourth-order valence-electron chi connectivity index (χ4n) is 3.83. The fourth-order valence-corrected chi connectivity index (χ4v) is 3.83. The molecule has 2 aliphatic rings. The molecule has 2 heterocycles. The summed E-state index contributed by atoms with van der Waals surface area (Å²) in [7, 11) is 1.99. The first kappa shape index (κ1) is 15.7. The monoisotopic (exact) mass is 313 g/mol. The van der Waals surface area contributed by atoms with Gasteiger partial charge in [0.2, 0.25) is 5.91 Å². The molecule has 2 aliphatic heterocycles. The minimum absolute atomic E-state index is 0.0134. The first-order valence-corrected chi connectivity index (χ1v) is 8.03. The number of rotatable bonds is 3. The highest BCUT2D eigenvalue weighted by atomic mass is 16.2. The van der Waals surface area contributed by atoms with Gasteiger partial charge in [0.05, 0.1) is 11.5 Å². The summed E-state index contributed by atoms with van der Waals surface area (Å²) in [5.41, 5.74) is 1.28. The van der Waals surface area contributed by atoms with Crippen LogP contribution in [-0.4, -0.2) is 48.9 Å². The smallest absolute Gasteiger partial charge is 0.252 e. The Morgan fingerprint density at radius 1 is 1.52 bits per heavy atom. The third-order valence-electron chi connectivity index (χ3n) is 4.92. The average Bonchev–Trinajstić information content (AvgIpc) is 2.79. The lowest BCUT2D eigenvalue weighted by molar-refractivity contribution is -0.126. The summed E-state index contributed by atoms with van der Waals surface area (Å²) in [4.78, 5) is 27.4. The molecule has 0 aliphatic carbocycles. The molecule has 2 atom stereocenters. The minimum atomic E-state index is -0.504. The van der Waals surface area contributed by atoms with Crippen molar-refractivity contribution in [1.29, 1.82) is 0 Å². The van der Waals surface area contributed by atoms with E-state index in [4.69, 9.17) is 0 Å². The van der Waals surface area contributed by atoms with Gasteiger partial charge in [-0.1, -0.05) is 24.3 Å². The van der Waals surface area contributed by atoms with Gasteiger partial charge in [-0.25, -0.2) is 0 Å². The fraction of sp³-hybridized carbons (Fsp3) is 0.444. The number of amides is 2. The summed E-state index contributed by atoms with van der Waals surface area (Å²) in [6.07, 6.45) is 3.24. The van der Waals surface area contributed by atoms with Crippen LogP contribution in [0.25, 0.3) is 0 Å². The Bertz CT molecular complexity index is 643. The van der Waals surface area contributed by atoms with Crippen LogP contribution in [0, 0.1) is 5.92 Å². The molecule has 2 amide bonds. The van der Waals surface area contributed by atoms with Crippen LogP contribution < -0.4 is 10.6 Å². The van der Waals surface area contributed by atoms with E-state index in [9.17, 15) is 9.59 Å². The van der Waals surface area contributed by atoms with E-state index in [-0.39, 0.29) is 17.7 Å². The Labute approximate surface area is 136 Å². The summed E-state index contributed by atoms with van der Waals surface area (Å²) in [5, 5.41) is 6.07. The molecule has 1 saturated heterocycles. The van der Waals surface area contributed by atoms with Crippen molar-refractivity contribution in [1.82, 2.24) is 15.5 Å². The van der Waals surface area contributed by atoms with Gasteiger partial charge in [-0.15, -0.1) is 6.58 Å². The maximum absolute atomic E-state index is 12.7. The van der Waals surface area contributed by atoms with Gasteiger partial charge in [-0.05, 0) is 31.5 Å². The molecule has 2 unspecified atom stereocenters. The van der Waals surface area contributed by atoms with E-state index in [1.54, 1.807) is 6.08 Å². The number of nitrogens with zero attached hydrogens (tertiary/aromatic N) is 1. The molecule has 1 aromatic rings. The van der Waals surface area contributed by atoms with Crippen molar-refractivity contribution in [3.63, 3.8) is 0 Å². The number of hydrogen-bond acceptors (Lipinski definition) is 3. The number of hydrogen-bond donors (Lipinski definition) is 2. The number of aryl methyl sites for hydroxylation is 1. The molecule has 1 fully saturated rings. The summed E-state index contributed by atoms with van der Waals surface area (Å²) in [6, 6.07) is 7.69. The molecule has 3 rings (SSSR count). The molecule has 0 radical (unpaired) electrons. The lowest BCUT2D eigenvalue weighted by Crippen LogP contribution is -2.57. The van der Waals surface area contributed by atoms with Crippen molar-refractivity contribution in [3.8, 4) is 0 Å². The van der Waals surface area contributed by atoms with Gasteiger partial charge in [0.15, 0.2) is 0 Å². The molecule has 0 bridgehead atoms. The predicted molar refractivity (Wildman–Crippen MR) is 89.2 cm³/mol. The van der Waals surface area contributed by atoms with E-state index in [1.165, 1.54) is 0 Å². The van der Waals surface area contributed by atoms with Crippen molar-refractivity contribution in [2.24, 2.45) is 5.92 Å². The molecular weight excluding hydrogens is 290 g/mol. The quantitative estimate of drug-likeness (QED) is 0.817. The second-order valence-corrected chi connectivity index (χ2v) is 6.55. The third-order valence-corrected chi connectivity index (χ3v) is 4.92. The predicted octanol–water partition coefficient (Wildman–Crippen LogP) is 0.965. The van der Waals surface area contributed by atoms with E-state index >= 15 is 0 Å². The third kappa shape index (κ3) is 2.88. The summed E-state index contributed by atoms with van der Waals surface area (Å²) < 4.78 is 0. The lowest BCUT2D eigenvalue weighted by atomic mass is 9.82. The molecule has 1 aromatic carbocycles. The lowest BCUT2D eigenvalue weighted by Gasteiger charge is -2.33. The van der Waals surface area contributed by atoms with Crippen molar-refractivity contribution in [2.75, 3.05) is 26.7 Å². The maximum atomic E-state index is 12.7. The molecule has 0 aromatic heterocycles. The molecular formula is C18H23N3O2. The topological polar surface area (TPSA) is 61.4 Å². The standard InChI is InChI=1S/C18H23N3O2/c1-3-10-19-17(23)15-11-21(2)12-18(15)9-8-13-6-4-5-7-14(13)16(22)20-18/h3-7,15H,1,8-12H2,2H3,(H,19,23)(H,20,22). The number of carbonyl (C=O) groups excluding carboxylic acids is 2. The number of likely N-dealkylation sites (N-methyl/N-ethyl adjacent to an activating group) is 1. The molecule has 5 nitrogen and oxygen atoms in total. The van der Waals surface area contributed by atoms with Gasteiger partial charge in [0.1, 0.15) is 0 Å². The van der Waals surface area contributed by atoms with Gasteiger partial charge < -0.3 is 15.5 Å². The van der Waals surface area contributed by atoms with Gasteiger partial charge in [-0.2, -0.15) is 0 Å². The van der Waals surface area contributed by atoms with Crippen LogP contribution in [0.5, 0.6) is 0 Å². The molecule has 122 valence electrons. The SMILES string of the molecule is C=CCNC(=O)C1CN(C)CC12CCc1ccccc1C(=O)N2. The van der Waals surface area contributed by atoms with Crippen LogP contribution in [0.2, 0.25) is 0 Å². The van der Waals surface area contributed by atoms with Gasteiger partial charge in [-0.3, -0.25) is 9.59 Å². The van der Waals surface area contributed by atoms with E-state index in [1.807, 2.05) is 31.3 Å². The van der Waals surface area contributed by atoms with E-state index in [0.29, 0.717) is 19.6 Å². The summed E-state index contributed by atoms with van der Waals surface area (Å²) in [6.45, 7) is 5.43. The van der Waals surface area contributed by atoms with Crippen LogP contribution in [-0.2, 0) is 11.2 Å². The van der Waals surface area contributed by atoms with Crippen LogP contribution in [0.4, 0.5) is 0 Å². The average molecular weight is 313 g/mol. The normalized spacial score (nSPS) is 27.2. The van der Waals surface area contributed by atoms with Crippen LogP contribution >= 0.6 is 0 Å². The van der Waals surface area contributed by atoms with Gasteiger partial charge in [0, 0.05) is 25.2 Å². The Kier molecular flexibility index (Phi) is 4.22. The highest BCUT2D eigenvalue weighted by molar-refractivity contribution is 5.97. The van der Waals surface area contributed by atoms with Gasteiger partial charge >= 0.3 is 0 Å². The summed E-state index contributed by atoms with van der Waals surface area (Å²) >= 11 is 0. The number of benzene rings is 1. The number of likely N-dealkylation sites (tertiary alicyclic amines) is 1. The number of nitrogens with one attached hydrogen (secondary N) is 2. The molecule has 1 spiro atoms. The van der Waals surface area contributed by atoms with E-state index in [0.717, 1.165) is 24.0 Å². The minimum Gasteiger partial charge on any atom is -0.352 e. The first-order valence-electron chi connectivity index (χ1n) is 8.03. The maximum Gasteiger partial charge on any atom is 0.252 e. The van der Waals surface area contributed by atoms with Crippen molar-refractivity contribution in [2.45, 2.75) is 18.4 Å². The van der Waals surface area contributed by atoms with Crippen LogP contribution in [0.15, 0.2) is 36.9 Å². The highest BCUT2D eigenvalue weighted by Crippen LogP contribution is 2.34. The second-order valence-electron chi connectivity index (χ2n) is 6.55. The van der Waals surface area contributed by atoms with Crippen LogP contribution in [0.3, 0.4) is 0 Å². The van der Waals surface area contributed by atoms with E-state index in [2.05, 4.69) is 22.1 Å². The second kappa shape index (κ2) is 6.16. The molecule has 2 N–H and O–H groups in total. The Balaban J connectivity index is 1.89. The van der Waals surface area contributed by atoms with Gasteiger partial charge in [0.25, 0.3) is 5.91 Å². The summed E-state index contributed by atoms with van der Waals surface area (Å²) in [5.74, 6) is -0.332. The number of carbonyl (C=O) groups is 2. The molecule has 5 heteroatoms. The Morgan fingerprint density at radius 2 is 2.30 bits per heavy atom. The van der Waals surface area contributed by atoms with Crippen molar-refractivity contribution < 1.29 is 9.59 Å². The number of fused-ring (bicyclic) bond motifs is 1. The van der Waals surface area contributed by atoms with E-state index < -0.39 is 5.54 Å². The Hall–Kier alpha value is -2.14. The zero-order valence-electron chi connectivity index (χ0n) is 13.5. The molecule has 0 saturated carbocycles.